The first-order valence-electron chi connectivity index (χ1n) is 5.68. The Labute approximate surface area is 125 Å². The molecule has 3 atom stereocenters. The second-order valence-electron chi connectivity index (χ2n) is 4.56. The fourth-order valence-corrected chi connectivity index (χ4v) is 4.53. The maximum Gasteiger partial charge on any atom is 0.0222 e. The molecular formula is C13H17I2N. The van der Waals surface area contributed by atoms with E-state index in [1.807, 2.05) is 0 Å². The molecule has 0 radical (unpaired) electrons. The van der Waals surface area contributed by atoms with Gasteiger partial charge in [-0.1, -0.05) is 34.7 Å². The van der Waals surface area contributed by atoms with E-state index >= 15 is 0 Å². The molecule has 1 nitrogen and oxygen atoms in total. The first kappa shape index (κ1) is 13.1. The molecule has 1 aliphatic rings. The Kier molecular flexibility index (Phi) is 4.17. The number of halogens is 2. The van der Waals surface area contributed by atoms with Crippen LogP contribution in [0.5, 0.6) is 0 Å². The molecule has 2 rings (SSSR count). The lowest BCUT2D eigenvalue weighted by molar-refractivity contribution is 0.207. The summed E-state index contributed by atoms with van der Waals surface area (Å²) in [6, 6.07) is 9.60. The molecule has 0 aromatic heterocycles. The standard InChI is InChI=1S/C13H17I2N/c1-9(16-2)13(8-7-12(13)15)10-3-5-11(14)6-4-10/h3-6,9,12,16H,7-8H2,1-2H3. The van der Waals surface area contributed by atoms with Crippen molar-refractivity contribution in [3.05, 3.63) is 33.4 Å². The molecule has 1 N–H and O–H groups in total. The van der Waals surface area contributed by atoms with Crippen molar-refractivity contribution < 1.29 is 0 Å². The second kappa shape index (κ2) is 5.10. The van der Waals surface area contributed by atoms with Crippen LogP contribution in [0.2, 0.25) is 0 Å². The average Bonchev–Trinajstić information content (AvgIpc) is 2.30. The Morgan fingerprint density at radius 1 is 1.38 bits per heavy atom. The molecule has 0 bridgehead atoms. The van der Waals surface area contributed by atoms with Crippen molar-refractivity contribution >= 4 is 45.2 Å². The molecule has 1 fully saturated rings. The van der Waals surface area contributed by atoms with E-state index in [-0.39, 0.29) is 0 Å². The first-order valence-corrected chi connectivity index (χ1v) is 8.01. The highest BCUT2D eigenvalue weighted by Gasteiger charge is 2.49. The molecule has 16 heavy (non-hydrogen) atoms. The highest BCUT2D eigenvalue weighted by molar-refractivity contribution is 14.1. The highest BCUT2D eigenvalue weighted by Crippen LogP contribution is 2.50. The Balaban J connectivity index is 2.37. The van der Waals surface area contributed by atoms with Crippen LogP contribution < -0.4 is 5.32 Å². The normalized spacial score (nSPS) is 30.9. The van der Waals surface area contributed by atoms with E-state index in [0.29, 0.717) is 11.5 Å². The molecule has 1 aliphatic carbocycles. The van der Waals surface area contributed by atoms with Gasteiger partial charge in [0.15, 0.2) is 0 Å². The maximum absolute atomic E-state index is 3.44. The quantitative estimate of drug-likeness (QED) is 0.557. The van der Waals surface area contributed by atoms with E-state index in [4.69, 9.17) is 0 Å². The number of alkyl halides is 1. The molecule has 1 aromatic carbocycles. The van der Waals surface area contributed by atoms with E-state index < -0.39 is 0 Å². The van der Waals surface area contributed by atoms with Crippen molar-refractivity contribution in [3.63, 3.8) is 0 Å². The van der Waals surface area contributed by atoms with E-state index in [1.165, 1.54) is 22.0 Å². The minimum absolute atomic E-state index is 0.347. The van der Waals surface area contributed by atoms with Gasteiger partial charge >= 0.3 is 0 Å². The summed E-state index contributed by atoms with van der Waals surface area (Å²) < 4.78 is 2.07. The second-order valence-corrected chi connectivity index (χ2v) is 7.31. The summed E-state index contributed by atoms with van der Waals surface area (Å²) in [6.07, 6.45) is 2.65. The van der Waals surface area contributed by atoms with Crippen LogP contribution in [-0.4, -0.2) is 17.0 Å². The van der Waals surface area contributed by atoms with Crippen LogP contribution in [0.4, 0.5) is 0 Å². The molecule has 3 heteroatoms. The van der Waals surface area contributed by atoms with E-state index in [2.05, 4.69) is 88.7 Å². The van der Waals surface area contributed by atoms with Gasteiger partial charge in [-0.25, -0.2) is 0 Å². The van der Waals surface area contributed by atoms with Gasteiger partial charge in [-0.15, -0.1) is 0 Å². The molecule has 0 saturated heterocycles. The van der Waals surface area contributed by atoms with Gasteiger partial charge in [0.05, 0.1) is 0 Å². The minimum atomic E-state index is 0.347. The third-order valence-corrected chi connectivity index (χ3v) is 6.41. The van der Waals surface area contributed by atoms with Crippen molar-refractivity contribution in [1.82, 2.24) is 5.32 Å². The van der Waals surface area contributed by atoms with Gasteiger partial charge in [0.1, 0.15) is 0 Å². The molecule has 0 aliphatic heterocycles. The molecule has 3 unspecified atom stereocenters. The van der Waals surface area contributed by atoms with Gasteiger partial charge in [0, 0.05) is 19.0 Å². The first-order chi connectivity index (χ1) is 7.61. The van der Waals surface area contributed by atoms with Gasteiger partial charge in [-0.2, -0.15) is 0 Å². The fourth-order valence-electron chi connectivity index (χ4n) is 2.65. The smallest absolute Gasteiger partial charge is 0.0222 e. The fraction of sp³-hybridized carbons (Fsp3) is 0.538. The highest BCUT2D eigenvalue weighted by atomic mass is 127. The van der Waals surface area contributed by atoms with Crippen molar-refractivity contribution in [2.24, 2.45) is 0 Å². The average molecular weight is 441 g/mol. The third kappa shape index (κ3) is 2.03. The van der Waals surface area contributed by atoms with Crippen LogP contribution in [0.3, 0.4) is 0 Å². The van der Waals surface area contributed by atoms with Crippen LogP contribution >= 0.6 is 45.2 Å². The summed E-state index contributed by atoms with van der Waals surface area (Å²) in [5, 5.41) is 3.44. The number of likely N-dealkylation sites (N-methyl/N-ethyl adjacent to an activating group) is 1. The lowest BCUT2D eigenvalue weighted by atomic mass is 9.60. The summed E-state index contributed by atoms with van der Waals surface area (Å²) in [5.41, 5.74) is 1.85. The summed E-state index contributed by atoms with van der Waals surface area (Å²) in [6.45, 7) is 2.31. The van der Waals surface area contributed by atoms with Gasteiger partial charge in [-0.3, -0.25) is 0 Å². The van der Waals surface area contributed by atoms with Crippen molar-refractivity contribution in [1.29, 1.82) is 0 Å². The summed E-state index contributed by atoms with van der Waals surface area (Å²) >= 11 is 4.99. The van der Waals surface area contributed by atoms with Gasteiger partial charge in [-0.05, 0) is 67.1 Å². The molecule has 1 saturated carbocycles. The summed E-state index contributed by atoms with van der Waals surface area (Å²) in [7, 11) is 2.07. The van der Waals surface area contributed by atoms with Gasteiger partial charge in [0.2, 0.25) is 0 Å². The number of hydrogen-bond donors (Lipinski definition) is 1. The van der Waals surface area contributed by atoms with Crippen LogP contribution in [0, 0.1) is 3.57 Å². The Morgan fingerprint density at radius 3 is 2.38 bits per heavy atom. The van der Waals surface area contributed by atoms with Crippen LogP contribution in [-0.2, 0) is 5.41 Å². The SMILES string of the molecule is CNC(C)C1(c2ccc(I)cc2)CCC1I. The van der Waals surface area contributed by atoms with Gasteiger partial charge < -0.3 is 5.32 Å². The number of rotatable bonds is 3. The third-order valence-electron chi connectivity index (χ3n) is 3.96. The number of benzene rings is 1. The van der Waals surface area contributed by atoms with E-state index in [1.54, 1.807) is 0 Å². The van der Waals surface area contributed by atoms with Crippen LogP contribution in [0.1, 0.15) is 25.3 Å². The topological polar surface area (TPSA) is 12.0 Å². The monoisotopic (exact) mass is 441 g/mol. The summed E-state index contributed by atoms with van der Waals surface area (Å²) in [5.74, 6) is 0. The van der Waals surface area contributed by atoms with Crippen LogP contribution in [0.15, 0.2) is 24.3 Å². The predicted octanol–water partition coefficient (Wildman–Crippen LogP) is 3.73. The zero-order valence-electron chi connectivity index (χ0n) is 9.63. The Hall–Kier alpha value is 0.640. The lowest BCUT2D eigenvalue weighted by Crippen LogP contribution is -2.57. The predicted molar refractivity (Wildman–Crippen MR) is 86.4 cm³/mol. The zero-order valence-corrected chi connectivity index (χ0v) is 13.9. The van der Waals surface area contributed by atoms with E-state index in [0.717, 1.165) is 3.92 Å². The minimum Gasteiger partial charge on any atom is -0.316 e. The lowest BCUT2D eigenvalue weighted by Gasteiger charge is -2.51. The Bertz CT molecular complexity index is 363. The molecule has 0 heterocycles. The Morgan fingerprint density at radius 2 is 2.00 bits per heavy atom. The maximum atomic E-state index is 3.44. The van der Waals surface area contributed by atoms with E-state index in [9.17, 15) is 0 Å². The zero-order chi connectivity index (χ0) is 11.8. The van der Waals surface area contributed by atoms with Crippen molar-refractivity contribution in [2.75, 3.05) is 7.05 Å². The molecule has 0 amide bonds. The molecule has 1 aromatic rings. The molecular weight excluding hydrogens is 424 g/mol. The van der Waals surface area contributed by atoms with Crippen molar-refractivity contribution in [2.45, 2.75) is 35.1 Å². The molecule has 88 valence electrons. The van der Waals surface area contributed by atoms with Gasteiger partial charge in [0.25, 0.3) is 0 Å². The van der Waals surface area contributed by atoms with Crippen LogP contribution in [0.25, 0.3) is 0 Å². The summed E-state index contributed by atoms with van der Waals surface area (Å²) in [4.78, 5) is 0. The molecule has 0 spiro atoms. The number of nitrogens with one attached hydrogen (secondary N) is 1. The largest absolute Gasteiger partial charge is 0.316 e. The number of hydrogen-bond acceptors (Lipinski definition) is 1. The van der Waals surface area contributed by atoms with Crippen molar-refractivity contribution in [3.8, 4) is 0 Å².